The van der Waals surface area contributed by atoms with Gasteiger partial charge in [-0.05, 0) is 36.2 Å². The molecule has 0 aliphatic heterocycles. The zero-order valence-corrected chi connectivity index (χ0v) is 14.2. The van der Waals surface area contributed by atoms with Crippen LogP contribution >= 0.6 is 23.2 Å². The van der Waals surface area contributed by atoms with Gasteiger partial charge in [0.05, 0.1) is 27.2 Å². The fourth-order valence-corrected chi connectivity index (χ4v) is 2.65. The molecular weight excluding hydrogens is 331 g/mol. The summed E-state index contributed by atoms with van der Waals surface area (Å²) in [5, 5.41) is 9.49. The second-order valence-electron chi connectivity index (χ2n) is 5.14. The number of hydrogen-bond donors (Lipinski definition) is 0. The van der Waals surface area contributed by atoms with Crippen LogP contribution in [-0.2, 0) is 6.54 Å². The highest BCUT2D eigenvalue weighted by Gasteiger charge is 2.19. The van der Waals surface area contributed by atoms with Gasteiger partial charge in [-0.3, -0.25) is 4.79 Å². The summed E-state index contributed by atoms with van der Waals surface area (Å²) < 4.78 is 0. The lowest BCUT2D eigenvalue weighted by atomic mass is 10.1. The highest BCUT2D eigenvalue weighted by atomic mass is 35.5. The molecule has 5 heteroatoms. The molecule has 0 atom stereocenters. The number of amides is 1. The Morgan fingerprint density at radius 2 is 1.87 bits per heavy atom. The SMILES string of the molecule is CCCN(Cc1ccc(C#N)cc1)C(=O)c1cccc(Cl)c1Cl. The first-order valence-corrected chi connectivity index (χ1v) is 8.04. The maximum Gasteiger partial charge on any atom is 0.255 e. The first-order chi connectivity index (χ1) is 11.1. The Hall–Kier alpha value is -2.02. The Morgan fingerprint density at radius 1 is 1.17 bits per heavy atom. The van der Waals surface area contributed by atoms with Crippen LogP contribution in [0.4, 0.5) is 0 Å². The Bertz CT molecular complexity index is 736. The average Bonchev–Trinajstić information content (AvgIpc) is 2.57. The van der Waals surface area contributed by atoms with Crippen molar-refractivity contribution in [3.63, 3.8) is 0 Å². The van der Waals surface area contributed by atoms with Crippen molar-refractivity contribution in [2.75, 3.05) is 6.54 Å². The summed E-state index contributed by atoms with van der Waals surface area (Å²) in [6, 6.07) is 14.3. The molecule has 2 rings (SSSR count). The van der Waals surface area contributed by atoms with Gasteiger partial charge in [-0.15, -0.1) is 0 Å². The fourth-order valence-electron chi connectivity index (χ4n) is 2.27. The second-order valence-corrected chi connectivity index (χ2v) is 5.92. The van der Waals surface area contributed by atoms with Gasteiger partial charge in [-0.2, -0.15) is 5.26 Å². The number of rotatable bonds is 5. The van der Waals surface area contributed by atoms with Gasteiger partial charge in [0.1, 0.15) is 0 Å². The van der Waals surface area contributed by atoms with E-state index in [1.54, 1.807) is 35.2 Å². The van der Waals surface area contributed by atoms with Gasteiger partial charge in [0.25, 0.3) is 5.91 Å². The van der Waals surface area contributed by atoms with Crippen LogP contribution < -0.4 is 0 Å². The van der Waals surface area contributed by atoms with Gasteiger partial charge < -0.3 is 4.90 Å². The van der Waals surface area contributed by atoms with Gasteiger partial charge in [0.15, 0.2) is 0 Å². The third kappa shape index (κ3) is 4.25. The molecular formula is C18H16Cl2N2O. The molecule has 0 aliphatic carbocycles. The highest BCUT2D eigenvalue weighted by molar-refractivity contribution is 6.43. The molecule has 3 nitrogen and oxygen atoms in total. The van der Waals surface area contributed by atoms with E-state index in [0.29, 0.717) is 29.2 Å². The molecule has 0 fully saturated rings. The summed E-state index contributed by atoms with van der Waals surface area (Å²) >= 11 is 12.2. The molecule has 0 aliphatic rings. The van der Waals surface area contributed by atoms with Crippen molar-refractivity contribution < 1.29 is 4.79 Å². The van der Waals surface area contributed by atoms with Crippen LogP contribution in [0.2, 0.25) is 10.0 Å². The summed E-state index contributed by atoms with van der Waals surface area (Å²) in [6.45, 7) is 3.08. The monoisotopic (exact) mass is 346 g/mol. The van der Waals surface area contributed by atoms with E-state index in [-0.39, 0.29) is 10.9 Å². The van der Waals surface area contributed by atoms with Crippen molar-refractivity contribution in [3.8, 4) is 6.07 Å². The lowest BCUT2D eigenvalue weighted by Gasteiger charge is -2.23. The minimum Gasteiger partial charge on any atom is -0.334 e. The maximum absolute atomic E-state index is 12.8. The molecule has 0 heterocycles. The van der Waals surface area contributed by atoms with E-state index in [9.17, 15) is 4.79 Å². The number of nitrogens with zero attached hydrogens (tertiary/aromatic N) is 2. The summed E-state index contributed by atoms with van der Waals surface area (Å²) in [4.78, 5) is 14.5. The number of hydrogen-bond acceptors (Lipinski definition) is 2. The van der Waals surface area contributed by atoms with Gasteiger partial charge in [-0.25, -0.2) is 0 Å². The van der Waals surface area contributed by atoms with Crippen molar-refractivity contribution in [2.45, 2.75) is 19.9 Å². The van der Waals surface area contributed by atoms with E-state index in [2.05, 4.69) is 6.07 Å². The molecule has 0 N–H and O–H groups in total. The van der Waals surface area contributed by atoms with Crippen molar-refractivity contribution in [3.05, 3.63) is 69.2 Å². The van der Waals surface area contributed by atoms with Crippen LogP contribution in [0.15, 0.2) is 42.5 Å². The summed E-state index contributed by atoms with van der Waals surface area (Å²) in [5.41, 5.74) is 1.96. The van der Waals surface area contributed by atoms with Crippen LogP contribution in [0.5, 0.6) is 0 Å². The summed E-state index contributed by atoms with van der Waals surface area (Å²) in [5.74, 6) is -0.149. The van der Waals surface area contributed by atoms with Crippen molar-refractivity contribution in [1.82, 2.24) is 4.90 Å². The number of carbonyl (C=O) groups excluding carboxylic acids is 1. The number of nitriles is 1. The first kappa shape index (κ1) is 17.3. The van der Waals surface area contributed by atoms with E-state index in [1.807, 2.05) is 19.1 Å². The molecule has 0 bridgehead atoms. The minimum atomic E-state index is -0.149. The summed E-state index contributed by atoms with van der Waals surface area (Å²) in [6.07, 6.45) is 0.834. The van der Waals surface area contributed by atoms with Crippen LogP contribution in [0.1, 0.15) is 34.8 Å². The van der Waals surface area contributed by atoms with Gasteiger partial charge in [0, 0.05) is 13.1 Å². The molecule has 0 unspecified atom stereocenters. The zero-order chi connectivity index (χ0) is 16.8. The largest absolute Gasteiger partial charge is 0.334 e. The maximum atomic E-state index is 12.8. The summed E-state index contributed by atoms with van der Waals surface area (Å²) in [7, 11) is 0. The number of benzene rings is 2. The average molecular weight is 347 g/mol. The van der Waals surface area contributed by atoms with Crippen LogP contribution in [-0.4, -0.2) is 17.4 Å². The van der Waals surface area contributed by atoms with E-state index >= 15 is 0 Å². The van der Waals surface area contributed by atoms with Crippen molar-refractivity contribution >= 4 is 29.1 Å². The molecule has 1 amide bonds. The predicted molar refractivity (Wildman–Crippen MR) is 92.7 cm³/mol. The Kier molecular flexibility index (Phi) is 6.04. The predicted octanol–water partition coefficient (Wildman–Crippen LogP) is 4.92. The van der Waals surface area contributed by atoms with E-state index in [0.717, 1.165) is 12.0 Å². The number of carbonyl (C=O) groups is 1. The molecule has 0 saturated heterocycles. The molecule has 0 radical (unpaired) electrons. The Morgan fingerprint density at radius 3 is 2.48 bits per heavy atom. The lowest BCUT2D eigenvalue weighted by Crippen LogP contribution is -2.31. The molecule has 0 spiro atoms. The lowest BCUT2D eigenvalue weighted by molar-refractivity contribution is 0.0743. The van der Waals surface area contributed by atoms with Crippen LogP contribution in [0, 0.1) is 11.3 Å². The fraction of sp³-hybridized carbons (Fsp3) is 0.222. The normalized spacial score (nSPS) is 10.2. The Labute approximate surface area is 146 Å². The van der Waals surface area contributed by atoms with Crippen molar-refractivity contribution in [1.29, 1.82) is 5.26 Å². The molecule has 118 valence electrons. The van der Waals surface area contributed by atoms with Gasteiger partial charge in [0.2, 0.25) is 0 Å². The topological polar surface area (TPSA) is 44.1 Å². The molecule has 0 aromatic heterocycles. The number of halogens is 2. The third-order valence-electron chi connectivity index (χ3n) is 3.42. The van der Waals surface area contributed by atoms with Crippen LogP contribution in [0.25, 0.3) is 0 Å². The van der Waals surface area contributed by atoms with Crippen LogP contribution in [0.3, 0.4) is 0 Å². The second kappa shape index (κ2) is 8.01. The van der Waals surface area contributed by atoms with Gasteiger partial charge in [-0.1, -0.05) is 48.3 Å². The van der Waals surface area contributed by atoms with Crippen molar-refractivity contribution in [2.24, 2.45) is 0 Å². The zero-order valence-electron chi connectivity index (χ0n) is 12.7. The van der Waals surface area contributed by atoms with Gasteiger partial charge >= 0.3 is 0 Å². The molecule has 2 aromatic rings. The molecule has 0 saturated carbocycles. The highest BCUT2D eigenvalue weighted by Crippen LogP contribution is 2.27. The van der Waals surface area contributed by atoms with E-state index in [1.165, 1.54) is 0 Å². The first-order valence-electron chi connectivity index (χ1n) is 7.29. The third-order valence-corrected chi connectivity index (χ3v) is 4.24. The quantitative estimate of drug-likeness (QED) is 0.771. The minimum absolute atomic E-state index is 0.149. The molecule has 23 heavy (non-hydrogen) atoms. The smallest absolute Gasteiger partial charge is 0.255 e. The standard InChI is InChI=1S/C18H16Cl2N2O/c1-2-10-22(12-14-8-6-13(11-21)7-9-14)18(23)15-4-3-5-16(19)17(15)20/h3-9H,2,10,12H2,1H3. The molecule has 2 aromatic carbocycles. The van der Waals surface area contributed by atoms with E-state index in [4.69, 9.17) is 28.5 Å². The van der Waals surface area contributed by atoms with E-state index < -0.39 is 0 Å². The Balaban J connectivity index is 2.24.